The van der Waals surface area contributed by atoms with Crippen molar-refractivity contribution in [1.82, 2.24) is 0 Å². The van der Waals surface area contributed by atoms with Crippen LogP contribution in [0.4, 0.5) is 0 Å². The van der Waals surface area contributed by atoms with Gasteiger partial charge < -0.3 is 0 Å². The van der Waals surface area contributed by atoms with Gasteiger partial charge in [0.05, 0.1) is 0 Å². The zero-order valence-corrected chi connectivity index (χ0v) is 18.9. The van der Waals surface area contributed by atoms with Gasteiger partial charge in [-0.15, -0.1) is 0 Å². The van der Waals surface area contributed by atoms with Gasteiger partial charge in [-0.3, -0.25) is 0 Å². The molecule has 1 aliphatic carbocycles. The molecule has 1 atom stereocenters. The molecule has 3 aromatic rings. The van der Waals surface area contributed by atoms with Crippen LogP contribution >= 0.6 is 0 Å². The van der Waals surface area contributed by atoms with Crippen molar-refractivity contribution in [2.24, 2.45) is 5.92 Å². The van der Waals surface area contributed by atoms with Crippen molar-refractivity contribution in [1.29, 1.82) is 0 Å². The number of carbonyl (C=O) groups is 1. The Morgan fingerprint density at radius 3 is 2.17 bits per heavy atom. The molecule has 3 aromatic carbocycles. The van der Waals surface area contributed by atoms with Crippen LogP contribution in [0.5, 0.6) is 5.75 Å². The van der Waals surface area contributed by atoms with Gasteiger partial charge in [0.2, 0.25) is 0 Å². The van der Waals surface area contributed by atoms with Crippen LogP contribution in [0.1, 0.15) is 17.3 Å². The van der Waals surface area contributed by atoms with Gasteiger partial charge in [0.1, 0.15) is 0 Å². The summed E-state index contributed by atoms with van der Waals surface area (Å²) in [6.07, 6.45) is 6.70. The molecule has 0 fully saturated rings. The third-order valence-electron chi connectivity index (χ3n) is 4.95. The van der Waals surface area contributed by atoms with E-state index in [0.717, 1.165) is 5.75 Å². The van der Waals surface area contributed by atoms with Crippen molar-refractivity contribution in [2.45, 2.75) is 6.92 Å². The molecule has 29 heavy (non-hydrogen) atoms. The number of ketones is 1. The van der Waals surface area contributed by atoms with E-state index in [2.05, 4.69) is 78.9 Å². The van der Waals surface area contributed by atoms with Gasteiger partial charge in [0.15, 0.2) is 0 Å². The molecule has 0 bridgehead atoms. The summed E-state index contributed by atoms with van der Waals surface area (Å²) >= 11 is -2.10. The Morgan fingerprint density at radius 2 is 1.55 bits per heavy atom. The molecular weight excluding hydrogens is 466 g/mol. The van der Waals surface area contributed by atoms with Crippen molar-refractivity contribution in [3.05, 3.63) is 112 Å². The van der Waals surface area contributed by atoms with E-state index < -0.39 is 20.2 Å². The van der Waals surface area contributed by atoms with Crippen molar-refractivity contribution in [3.8, 4) is 5.75 Å². The molecule has 2 nitrogen and oxygen atoms in total. The van der Waals surface area contributed by atoms with Crippen LogP contribution < -0.4 is 11.8 Å². The standard InChI is InChI=1S/C14H13O2.2C6H5.Sb/c1-11(15)13-7-4-8-14(9-13)16-10-12-5-2-3-6-12;2*1-2-4-6-5-3-1;/h2-5,7-9,12H,10H2,1H3;2*1-5H;. The first-order chi connectivity index (χ1) is 14.2. The molecule has 0 radical (unpaired) electrons. The van der Waals surface area contributed by atoms with E-state index in [1.807, 2.05) is 24.3 Å². The quantitative estimate of drug-likeness (QED) is 0.367. The van der Waals surface area contributed by atoms with Gasteiger partial charge >= 0.3 is 180 Å². The maximum atomic E-state index is 11.6. The van der Waals surface area contributed by atoms with Crippen LogP contribution in [0.3, 0.4) is 0 Å². The number of rotatable bonds is 7. The molecule has 0 N–H and O–H groups in total. The van der Waals surface area contributed by atoms with Crippen molar-refractivity contribution in [3.63, 3.8) is 0 Å². The molecule has 1 aliphatic rings. The summed E-state index contributed by atoms with van der Waals surface area (Å²) in [5.41, 5.74) is 0.684. The Bertz CT molecular complexity index is 999. The zero-order chi connectivity index (χ0) is 20.1. The zero-order valence-electron chi connectivity index (χ0n) is 16.4. The molecule has 4 rings (SSSR count). The fraction of sp³-hybridized carbons (Fsp3) is 0.115. The molecule has 0 spiro atoms. The van der Waals surface area contributed by atoms with E-state index in [9.17, 15) is 4.79 Å². The topological polar surface area (TPSA) is 26.3 Å². The van der Waals surface area contributed by atoms with Crippen molar-refractivity contribution in [2.75, 3.05) is 6.61 Å². The second-order valence-electron chi connectivity index (χ2n) is 6.98. The van der Waals surface area contributed by atoms with Gasteiger partial charge in [-0.05, 0) is 0 Å². The summed E-state index contributed by atoms with van der Waals surface area (Å²) < 4.78 is 10.5. The summed E-state index contributed by atoms with van der Waals surface area (Å²) in [7, 11) is 0. The molecule has 0 saturated carbocycles. The molecule has 0 amide bonds. The van der Waals surface area contributed by atoms with Gasteiger partial charge in [-0.25, -0.2) is 0 Å². The van der Waals surface area contributed by atoms with E-state index in [4.69, 9.17) is 4.74 Å². The number of hydrogen-bond donors (Lipinski definition) is 0. The summed E-state index contributed by atoms with van der Waals surface area (Å²) in [6.45, 7) is 2.17. The van der Waals surface area contributed by atoms with Crippen LogP contribution in [0.2, 0.25) is 0 Å². The fourth-order valence-electron chi connectivity index (χ4n) is 3.48. The fourth-order valence-corrected chi connectivity index (χ4v) is 10.8. The average molecular weight is 489 g/mol. The van der Waals surface area contributed by atoms with Gasteiger partial charge in [-0.1, -0.05) is 0 Å². The number of carbonyl (C=O) groups excluding carboxylic acids is 1. The van der Waals surface area contributed by atoms with Crippen LogP contribution in [0, 0.1) is 5.92 Å². The van der Waals surface area contributed by atoms with Crippen molar-refractivity contribution >= 4 is 33.0 Å². The van der Waals surface area contributed by atoms with E-state index in [0.29, 0.717) is 12.2 Å². The second-order valence-corrected chi connectivity index (χ2v) is 13.3. The summed E-state index contributed by atoms with van der Waals surface area (Å²) in [6, 6.07) is 29.2. The van der Waals surface area contributed by atoms with Gasteiger partial charge in [-0.2, -0.15) is 0 Å². The number of Topliss-reactive ketones (excluding diaryl/α,β-unsaturated/α-hetero) is 1. The molecule has 3 heteroatoms. The Morgan fingerprint density at radius 1 is 0.897 bits per heavy atom. The molecule has 0 aliphatic heterocycles. The molecule has 0 saturated heterocycles. The van der Waals surface area contributed by atoms with E-state index in [1.54, 1.807) is 6.92 Å². The Hall–Kier alpha value is -2.57. The minimum absolute atomic E-state index is 0.0554. The molecule has 0 heterocycles. The number of allylic oxidation sites excluding steroid dienone is 2. The summed E-state index contributed by atoms with van der Waals surface area (Å²) in [4.78, 5) is 11.6. The maximum absolute atomic E-state index is 11.6. The van der Waals surface area contributed by atoms with Gasteiger partial charge in [0, 0.05) is 0 Å². The SMILES string of the molecule is CC(=O)c1cccc(OCC2C=CC=[C]2[Sb]([c]2ccccc2)[c]2ccccc2)c1. The van der Waals surface area contributed by atoms with E-state index >= 15 is 0 Å². The van der Waals surface area contributed by atoms with E-state index in [-0.39, 0.29) is 11.7 Å². The third kappa shape index (κ3) is 4.71. The number of benzene rings is 3. The Balaban J connectivity index is 1.58. The Labute approximate surface area is 179 Å². The number of hydrogen-bond acceptors (Lipinski definition) is 2. The number of ether oxygens (including phenoxy) is 1. The summed E-state index contributed by atoms with van der Waals surface area (Å²) in [5, 5.41) is 0. The van der Waals surface area contributed by atoms with Crippen LogP contribution in [-0.2, 0) is 0 Å². The van der Waals surface area contributed by atoms with Crippen LogP contribution in [-0.4, -0.2) is 32.6 Å². The van der Waals surface area contributed by atoms with E-state index in [1.165, 1.54) is 10.5 Å². The van der Waals surface area contributed by atoms with Crippen molar-refractivity contribution < 1.29 is 9.53 Å². The minimum atomic E-state index is -2.10. The monoisotopic (exact) mass is 488 g/mol. The second kappa shape index (κ2) is 9.28. The Kier molecular flexibility index (Phi) is 6.32. The van der Waals surface area contributed by atoms with Crippen LogP contribution in [0.15, 0.2) is 107 Å². The van der Waals surface area contributed by atoms with Crippen LogP contribution in [0.25, 0.3) is 0 Å². The molecule has 1 unspecified atom stereocenters. The third-order valence-corrected chi connectivity index (χ3v) is 12.4. The first kappa shape index (κ1) is 19.7. The average Bonchev–Trinajstić information content (AvgIpc) is 3.22. The molecule has 144 valence electrons. The molecule has 0 aromatic heterocycles. The predicted octanol–water partition coefficient (Wildman–Crippen LogP) is 4.23. The first-order valence-electron chi connectivity index (χ1n) is 9.75. The normalized spacial score (nSPS) is 15.4. The summed E-state index contributed by atoms with van der Waals surface area (Å²) in [5.74, 6) is 1.07. The molecular formula is C26H23O2Sb. The predicted molar refractivity (Wildman–Crippen MR) is 121 cm³/mol. The first-order valence-corrected chi connectivity index (χ1v) is 13.6. The van der Waals surface area contributed by atoms with Gasteiger partial charge in [0.25, 0.3) is 0 Å².